The van der Waals surface area contributed by atoms with Crippen LogP contribution in [0, 0.1) is 11.3 Å². The van der Waals surface area contributed by atoms with E-state index in [9.17, 15) is 26.4 Å². The van der Waals surface area contributed by atoms with Crippen molar-refractivity contribution in [3.05, 3.63) is 106 Å². The fourth-order valence-electron chi connectivity index (χ4n) is 4.44. The number of halogens is 3. The van der Waals surface area contributed by atoms with Gasteiger partial charge in [-0.1, -0.05) is 54.6 Å². The predicted octanol–water partition coefficient (Wildman–Crippen LogP) is 4.58. The summed E-state index contributed by atoms with van der Waals surface area (Å²) in [6.07, 6.45) is -3.69. The number of aromatic nitrogens is 4. The molecule has 0 radical (unpaired) electrons. The van der Waals surface area contributed by atoms with Crippen molar-refractivity contribution in [2.45, 2.75) is 24.2 Å². The van der Waals surface area contributed by atoms with Gasteiger partial charge in [0.05, 0.1) is 29.6 Å². The van der Waals surface area contributed by atoms with Crippen LogP contribution in [-0.4, -0.2) is 34.2 Å². The zero-order chi connectivity index (χ0) is 27.9. The first-order valence-electron chi connectivity index (χ1n) is 11.6. The molecule has 0 saturated heterocycles. The van der Waals surface area contributed by atoms with E-state index in [-0.39, 0.29) is 23.5 Å². The second kappa shape index (κ2) is 9.59. The number of nitriles is 1. The van der Waals surface area contributed by atoms with E-state index in [0.717, 1.165) is 15.6 Å². The van der Waals surface area contributed by atoms with Crippen molar-refractivity contribution >= 4 is 20.9 Å². The zero-order valence-corrected chi connectivity index (χ0v) is 21.2. The number of H-pyrrole nitrogens is 1. The van der Waals surface area contributed by atoms with Gasteiger partial charge in [0.1, 0.15) is 5.52 Å². The highest BCUT2D eigenvalue weighted by molar-refractivity contribution is 7.90. The number of fused-ring (bicyclic) bond motifs is 1. The molecular formula is C27H20F3N5O3S. The number of nitrogens with zero attached hydrogens (tertiary/aromatic N) is 4. The summed E-state index contributed by atoms with van der Waals surface area (Å²) in [6.45, 7) is -0.188. The lowest BCUT2D eigenvalue weighted by molar-refractivity contribution is -0.140. The van der Waals surface area contributed by atoms with Gasteiger partial charge in [0.15, 0.2) is 21.0 Å². The van der Waals surface area contributed by atoms with E-state index in [1.807, 2.05) is 6.07 Å². The summed E-state index contributed by atoms with van der Waals surface area (Å²) in [5.74, 6) is 0. The summed E-state index contributed by atoms with van der Waals surface area (Å²) >= 11 is 0. The highest BCUT2D eigenvalue weighted by Gasteiger charge is 2.39. The maximum Gasteiger partial charge on any atom is 0.437 e. The molecule has 0 spiro atoms. The summed E-state index contributed by atoms with van der Waals surface area (Å²) in [7, 11) is -3.48. The Hall–Kier alpha value is -4.63. The molecular weight excluding hydrogens is 531 g/mol. The topological polar surface area (TPSA) is 114 Å². The summed E-state index contributed by atoms with van der Waals surface area (Å²) in [4.78, 5) is 13.4. The van der Waals surface area contributed by atoms with Crippen LogP contribution in [0.15, 0.2) is 82.5 Å². The Kier molecular flexibility index (Phi) is 6.40. The Balaban J connectivity index is 1.53. The highest BCUT2D eigenvalue weighted by atomic mass is 32.2. The smallest absolute Gasteiger partial charge is 0.291 e. The van der Waals surface area contributed by atoms with Gasteiger partial charge >= 0.3 is 6.18 Å². The van der Waals surface area contributed by atoms with Crippen molar-refractivity contribution in [2.24, 2.45) is 0 Å². The number of sulfone groups is 1. The minimum Gasteiger partial charge on any atom is -0.291 e. The molecule has 0 aliphatic rings. The molecule has 12 heteroatoms. The van der Waals surface area contributed by atoms with Gasteiger partial charge < -0.3 is 0 Å². The van der Waals surface area contributed by atoms with E-state index >= 15 is 0 Å². The third-order valence-electron chi connectivity index (χ3n) is 6.20. The van der Waals surface area contributed by atoms with Crippen LogP contribution in [0.25, 0.3) is 22.2 Å². The Morgan fingerprint density at radius 2 is 1.69 bits per heavy atom. The quantitative estimate of drug-likeness (QED) is 0.332. The molecule has 2 heterocycles. The minimum absolute atomic E-state index is 0.0607. The average molecular weight is 552 g/mol. The third kappa shape index (κ3) is 5.08. The second-order valence-electron chi connectivity index (χ2n) is 9.01. The van der Waals surface area contributed by atoms with E-state index in [4.69, 9.17) is 5.26 Å². The molecule has 3 aromatic carbocycles. The number of nitrogens with one attached hydrogen (secondary N) is 1. The van der Waals surface area contributed by atoms with Crippen LogP contribution in [-0.2, 0) is 29.1 Å². The number of hydrogen-bond donors (Lipinski definition) is 1. The summed E-state index contributed by atoms with van der Waals surface area (Å²) in [6, 6.07) is 21.6. The Bertz CT molecular complexity index is 1910. The van der Waals surface area contributed by atoms with Crippen LogP contribution >= 0.6 is 0 Å². The fraction of sp³-hybridized carbons (Fsp3) is 0.148. The van der Waals surface area contributed by atoms with E-state index < -0.39 is 32.8 Å². The van der Waals surface area contributed by atoms with Gasteiger partial charge in [-0.05, 0) is 34.9 Å². The van der Waals surface area contributed by atoms with Crippen molar-refractivity contribution in [1.82, 2.24) is 19.6 Å². The Labute approximate surface area is 220 Å². The van der Waals surface area contributed by atoms with Crippen LogP contribution in [0.3, 0.4) is 0 Å². The molecule has 8 nitrogen and oxygen atoms in total. The maximum atomic E-state index is 13.8. The van der Waals surface area contributed by atoms with Crippen LogP contribution in [0.1, 0.15) is 22.4 Å². The molecule has 2 aromatic heterocycles. The molecule has 5 rings (SSSR count). The van der Waals surface area contributed by atoms with Gasteiger partial charge in [-0.25, -0.2) is 13.1 Å². The van der Waals surface area contributed by atoms with Gasteiger partial charge in [-0.2, -0.15) is 23.5 Å². The van der Waals surface area contributed by atoms with E-state index in [0.29, 0.717) is 27.8 Å². The molecule has 0 unspecified atom stereocenters. The predicted molar refractivity (Wildman–Crippen MR) is 138 cm³/mol. The SMILES string of the molecule is CS(=O)(=O)c1ccccc1-c1ccc(Cn2nc(C(F)(F)F)c3[nH]n(Cc4cccc(C#N)c4)c(=O)c32)cc1. The zero-order valence-electron chi connectivity index (χ0n) is 20.4. The van der Waals surface area contributed by atoms with Crippen LogP contribution in [0.5, 0.6) is 0 Å². The monoisotopic (exact) mass is 551 g/mol. The lowest BCUT2D eigenvalue weighted by Gasteiger charge is -2.09. The third-order valence-corrected chi connectivity index (χ3v) is 7.35. The molecule has 5 aromatic rings. The first kappa shape index (κ1) is 26.0. The molecule has 0 amide bonds. The molecule has 0 bridgehead atoms. The highest BCUT2D eigenvalue weighted by Crippen LogP contribution is 2.33. The molecule has 0 fully saturated rings. The van der Waals surface area contributed by atoms with Crippen molar-refractivity contribution in [2.75, 3.05) is 6.26 Å². The maximum absolute atomic E-state index is 13.8. The standard InChI is InChI=1S/C27H20F3N5O3S/c1-39(37,38)22-8-3-2-7-21(22)20-11-9-17(10-12-20)15-34-24-23(25(33-34)27(28,29)30)32-35(26(24)36)16-19-6-4-5-18(13-19)14-31/h2-13,32H,15-16H2,1H3. The first-order valence-corrected chi connectivity index (χ1v) is 13.5. The van der Waals surface area contributed by atoms with E-state index in [1.54, 1.807) is 66.7 Å². The van der Waals surface area contributed by atoms with Gasteiger partial charge in [-0.3, -0.25) is 14.6 Å². The molecule has 0 saturated carbocycles. The van der Waals surface area contributed by atoms with E-state index in [2.05, 4.69) is 10.2 Å². The summed E-state index contributed by atoms with van der Waals surface area (Å²) in [5.41, 5.74) is 0.0493. The second-order valence-corrected chi connectivity index (χ2v) is 11.0. The van der Waals surface area contributed by atoms with Gasteiger partial charge in [-0.15, -0.1) is 0 Å². The largest absolute Gasteiger partial charge is 0.437 e. The van der Waals surface area contributed by atoms with Gasteiger partial charge in [0.25, 0.3) is 5.56 Å². The molecule has 0 aliphatic carbocycles. The van der Waals surface area contributed by atoms with Gasteiger partial charge in [0.2, 0.25) is 0 Å². The Morgan fingerprint density at radius 1 is 0.974 bits per heavy atom. The van der Waals surface area contributed by atoms with E-state index in [1.165, 1.54) is 6.07 Å². The average Bonchev–Trinajstić information content (AvgIpc) is 3.41. The van der Waals surface area contributed by atoms with Crippen molar-refractivity contribution < 1.29 is 21.6 Å². The molecule has 198 valence electrons. The normalized spacial score (nSPS) is 12.1. The van der Waals surface area contributed by atoms with Crippen molar-refractivity contribution in [1.29, 1.82) is 5.26 Å². The minimum atomic E-state index is -4.81. The number of hydrogen-bond acceptors (Lipinski definition) is 5. The number of rotatable bonds is 6. The lowest BCUT2D eigenvalue weighted by atomic mass is 10.0. The summed E-state index contributed by atoms with van der Waals surface area (Å²) < 4.78 is 67.9. The number of alkyl halides is 3. The fourth-order valence-corrected chi connectivity index (χ4v) is 5.35. The Morgan fingerprint density at radius 3 is 2.36 bits per heavy atom. The molecule has 0 aliphatic heterocycles. The van der Waals surface area contributed by atoms with Crippen molar-refractivity contribution in [3.8, 4) is 17.2 Å². The van der Waals surface area contributed by atoms with Gasteiger partial charge in [0, 0.05) is 11.8 Å². The molecule has 39 heavy (non-hydrogen) atoms. The molecule has 0 atom stereocenters. The van der Waals surface area contributed by atoms with Crippen LogP contribution in [0.2, 0.25) is 0 Å². The number of benzene rings is 3. The van der Waals surface area contributed by atoms with Crippen LogP contribution in [0.4, 0.5) is 13.2 Å². The summed E-state index contributed by atoms with van der Waals surface area (Å²) in [5, 5.41) is 15.4. The lowest BCUT2D eigenvalue weighted by Crippen LogP contribution is -2.20. The first-order chi connectivity index (χ1) is 18.5. The van der Waals surface area contributed by atoms with Crippen LogP contribution < -0.4 is 5.56 Å². The molecule has 1 N–H and O–H groups in total. The number of aromatic amines is 1. The van der Waals surface area contributed by atoms with Crippen molar-refractivity contribution in [3.63, 3.8) is 0 Å².